The molecule has 1 aromatic carbocycles. The summed E-state index contributed by atoms with van der Waals surface area (Å²) in [6.45, 7) is 1.05. The number of fused-ring (bicyclic) bond motifs is 1. The molecule has 0 bridgehead atoms. The first kappa shape index (κ1) is 11.2. The van der Waals surface area contributed by atoms with E-state index in [0.717, 1.165) is 35.5 Å². The van der Waals surface area contributed by atoms with Crippen LogP contribution in [0, 0.1) is 5.92 Å². The summed E-state index contributed by atoms with van der Waals surface area (Å²) < 4.78 is 0. The summed E-state index contributed by atoms with van der Waals surface area (Å²) in [7, 11) is 0. The Balaban J connectivity index is 1.85. The van der Waals surface area contributed by atoms with Crippen molar-refractivity contribution in [3.05, 3.63) is 34.3 Å². The predicted molar refractivity (Wildman–Crippen MR) is 68.6 cm³/mol. The molecule has 2 nitrogen and oxygen atoms in total. The number of hydrogen-bond acceptors (Lipinski definition) is 2. The average molecular weight is 250 g/mol. The third kappa shape index (κ3) is 2.00. The van der Waals surface area contributed by atoms with E-state index in [-0.39, 0.29) is 5.92 Å². The quantitative estimate of drug-likeness (QED) is 0.829. The summed E-state index contributed by atoms with van der Waals surface area (Å²) >= 11 is 5.98. The van der Waals surface area contributed by atoms with Gasteiger partial charge >= 0.3 is 0 Å². The number of Topliss-reactive ketones (excluding diaryl/α,β-unsaturated/α-hetero) is 1. The Morgan fingerprint density at radius 1 is 1.29 bits per heavy atom. The van der Waals surface area contributed by atoms with E-state index in [1.165, 1.54) is 12.8 Å². The maximum atomic E-state index is 12.3. The second-order valence-corrected chi connectivity index (χ2v) is 5.47. The van der Waals surface area contributed by atoms with E-state index in [1.807, 2.05) is 18.2 Å². The maximum Gasteiger partial charge on any atom is 0.168 e. The monoisotopic (exact) mass is 249 g/mol. The third-order valence-corrected chi connectivity index (χ3v) is 4.18. The number of carbonyl (C=O) groups is 1. The molecule has 3 heteroatoms. The number of benzene rings is 1. The van der Waals surface area contributed by atoms with Crippen molar-refractivity contribution in [3.8, 4) is 0 Å². The first-order valence-corrected chi connectivity index (χ1v) is 6.69. The lowest BCUT2D eigenvalue weighted by molar-refractivity contribution is 0.0898. The smallest absolute Gasteiger partial charge is 0.168 e. The van der Waals surface area contributed by atoms with E-state index < -0.39 is 0 Å². The Labute approximate surface area is 106 Å². The summed E-state index contributed by atoms with van der Waals surface area (Å²) in [6, 6.07) is 6.00. The zero-order valence-corrected chi connectivity index (χ0v) is 10.5. The van der Waals surface area contributed by atoms with E-state index in [9.17, 15) is 4.79 Å². The minimum atomic E-state index is 0.128. The normalized spacial score (nSPS) is 28.2. The molecule has 2 aliphatic rings. The Morgan fingerprint density at radius 3 is 2.94 bits per heavy atom. The number of carbonyl (C=O) groups excluding carboxylic acids is 1. The molecule has 17 heavy (non-hydrogen) atoms. The van der Waals surface area contributed by atoms with Crippen LogP contribution in [0.25, 0.3) is 0 Å². The van der Waals surface area contributed by atoms with Gasteiger partial charge in [0.05, 0.1) is 0 Å². The van der Waals surface area contributed by atoms with Gasteiger partial charge < -0.3 is 5.32 Å². The van der Waals surface area contributed by atoms with Gasteiger partial charge in [-0.3, -0.25) is 4.79 Å². The van der Waals surface area contributed by atoms with Crippen LogP contribution in [0.1, 0.15) is 35.2 Å². The Hall–Kier alpha value is -0.860. The van der Waals surface area contributed by atoms with Gasteiger partial charge in [-0.25, -0.2) is 0 Å². The van der Waals surface area contributed by atoms with Crippen molar-refractivity contribution in [1.29, 1.82) is 0 Å². The summed E-state index contributed by atoms with van der Waals surface area (Å²) in [5, 5.41) is 4.22. The number of nitrogens with one attached hydrogen (secondary N) is 1. The number of hydrogen-bond donors (Lipinski definition) is 1. The van der Waals surface area contributed by atoms with Crippen molar-refractivity contribution >= 4 is 17.4 Å². The molecule has 0 aromatic heterocycles. The molecule has 1 N–H and O–H groups in total. The Kier molecular flexibility index (Phi) is 2.93. The van der Waals surface area contributed by atoms with Crippen LogP contribution in [0.4, 0.5) is 0 Å². The highest BCUT2D eigenvalue weighted by Crippen LogP contribution is 2.32. The van der Waals surface area contributed by atoms with Gasteiger partial charge in [0, 0.05) is 22.5 Å². The van der Waals surface area contributed by atoms with E-state index in [1.54, 1.807) is 0 Å². The van der Waals surface area contributed by atoms with Crippen LogP contribution in [-0.4, -0.2) is 18.4 Å². The molecule has 0 amide bonds. The van der Waals surface area contributed by atoms with Crippen LogP contribution in [-0.2, 0) is 6.42 Å². The molecule has 0 saturated carbocycles. The number of halogens is 1. The van der Waals surface area contributed by atoms with Gasteiger partial charge in [0.25, 0.3) is 0 Å². The second kappa shape index (κ2) is 4.43. The third-order valence-electron chi connectivity index (χ3n) is 3.94. The maximum absolute atomic E-state index is 12.3. The van der Waals surface area contributed by atoms with Crippen LogP contribution in [0.3, 0.4) is 0 Å². The number of ketones is 1. The first-order chi connectivity index (χ1) is 8.25. The molecule has 1 saturated heterocycles. The molecule has 0 spiro atoms. The van der Waals surface area contributed by atoms with Crippen LogP contribution >= 0.6 is 11.6 Å². The van der Waals surface area contributed by atoms with Gasteiger partial charge in [0.1, 0.15) is 0 Å². The van der Waals surface area contributed by atoms with Crippen molar-refractivity contribution in [1.82, 2.24) is 5.32 Å². The SMILES string of the molecule is O=C1c2ccc(Cl)cc2CC1C1CCCCN1. The van der Waals surface area contributed by atoms with Crippen molar-refractivity contribution in [3.63, 3.8) is 0 Å². The summed E-state index contributed by atoms with van der Waals surface area (Å²) in [4.78, 5) is 12.3. The highest BCUT2D eigenvalue weighted by Gasteiger charge is 2.36. The molecule has 1 aliphatic carbocycles. The standard InChI is InChI=1S/C14H16ClNO/c15-10-4-5-11-9(7-10)8-12(14(11)17)13-3-1-2-6-16-13/h4-5,7,12-13,16H,1-3,6,8H2. The minimum absolute atomic E-state index is 0.128. The fraction of sp³-hybridized carbons (Fsp3) is 0.500. The largest absolute Gasteiger partial charge is 0.313 e. The molecule has 3 rings (SSSR count). The number of piperidine rings is 1. The molecule has 2 atom stereocenters. The predicted octanol–water partition coefficient (Wildman–Crippen LogP) is 2.84. The van der Waals surface area contributed by atoms with Crippen molar-refractivity contribution in [2.45, 2.75) is 31.7 Å². The first-order valence-electron chi connectivity index (χ1n) is 6.32. The van der Waals surface area contributed by atoms with E-state index in [4.69, 9.17) is 11.6 Å². The second-order valence-electron chi connectivity index (χ2n) is 5.03. The van der Waals surface area contributed by atoms with Gasteiger partial charge in [0.15, 0.2) is 5.78 Å². The van der Waals surface area contributed by atoms with Gasteiger partial charge in [-0.1, -0.05) is 18.0 Å². The lowest BCUT2D eigenvalue weighted by atomic mass is 9.89. The average Bonchev–Trinajstić information content (AvgIpc) is 2.67. The Bertz CT molecular complexity index is 452. The fourth-order valence-corrected chi connectivity index (χ4v) is 3.24. The molecule has 1 aliphatic heterocycles. The minimum Gasteiger partial charge on any atom is -0.313 e. The van der Waals surface area contributed by atoms with Crippen LogP contribution in [0.2, 0.25) is 5.02 Å². The van der Waals surface area contributed by atoms with E-state index >= 15 is 0 Å². The molecule has 1 fully saturated rings. The zero-order chi connectivity index (χ0) is 11.8. The molecular formula is C14H16ClNO. The van der Waals surface area contributed by atoms with Gasteiger partial charge in [-0.2, -0.15) is 0 Å². The van der Waals surface area contributed by atoms with Crippen LogP contribution in [0.15, 0.2) is 18.2 Å². The summed E-state index contributed by atoms with van der Waals surface area (Å²) in [6.07, 6.45) is 4.44. The lowest BCUT2D eigenvalue weighted by Crippen LogP contribution is -2.42. The van der Waals surface area contributed by atoms with Crippen LogP contribution in [0.5, 0.6) is 0 Å². The van der Waals surface area contributed by atoms with Crippen LogP contribution < -0.4 is 5.32 Å². The summed E-state index contributed by atoms with van der Waals surface area (Å²) in [5.41, 5.74) is 2.01. The highest BCUT2D eigenvalue weighted by molar-refractivity contribution is 6.30. The molecule has 2 unspecified atom stereocenters. The summed E-state index contributed by atoms with van der Waals surface area (Å²) in [5.74, 6) is 0.430. The van der Waals surface area contributed by atoms with E-state index in [0.29, 0.717) is 11.8 Å². The van der Waals surface area contributed by atoms with E-state index in [2.05, 4.69) is 5.32 Å². The molecule has 90 valence electrons. The lowest BCUT2D eigenvalue weighted by Gasteiger charge is -2.27. The number of rotatable bonds is 1. The molecule has 1 aromatic rings. The topological polar surface area (TPSA) is 29.1 Å². The van der Waals surface area contributed by atoms with Gasteiger partial charge in [-0.05, 0) is 49.6 Å². The van der Waals surface area contributed by atoms with Crippen molar-refractivity contribution < 1.29 is 4.79 Å². The molecule has 1 heterocycles. The molecular weight excluding hydrogens is 234 g/mol. The van der Waals surface area contributed by atoms with Crippen molar-refractivity contribution in [2.75, 3.05) is 6.54 Å². The molecule has 0 radical (unpaired) electrons. The zero-order valence-electron chi connectivity index (χ0n) is 9.71. The highest BCUT2D eigenvalue weighted by atomic mass is 35.5. The van der Waals surface area contributed by atoms with Crippen molar-refractivity contribution in [2.24, 2.45) is 5.92 Å². The van der Waals surface area contributed by atoms with Gasteiger partial charge in [0.2, 0.25) is 0 Å². The Morgan fingerprint density at radius 2 is 2.18 bits per heavy atom. The van der Waals surface area contributed by atoms with Gasteiger partial charge in [-0.15, -0.1) is 0 Å². The fourth-order valence-electron chi connectivity index (χ4n) is 3.05.